The third-order valence-corrected chi connectivity index (χ3v) is 3.93. The molecule has 2 N–H and O–H groups in total. The highest BCUT2D eigenvalue weighted by atomic mass is 16.3. The van der Waals surface area contributed by atoms with Crippen molar-refractivity contribution < 1.29 is 9.90 Å². The first-order valence-electron chi connectivity index (χ1n) is 8.08. The summed E-state index contributed by atoms with van der Waals surface area (Å²) in [5, 5.41) is 12.9. The van der Waals surface area contributed by atoms with E-state index in [9.17, 15) is 9.90 Å². The fourth-order valence-electron chi connectivity index (χ4n) is 2.53. The number of benzene rings is 1. The first kappa shape index (κ1) is 16.9. The second-order valence-electron chi connectivity index (χ2n) is 5.78. The van der Waals surface area contributed by atoms with Crippen LogP contribution in [0.1, 0.15) is 29.5 Å². The van der Waals surface area contributed by atoms with Crippen molar-refractivity contribution in [2.24, 2.45) is 0 Å². The van der Waals surface area contributed by atoms with Gasteiger partial charge in [0.05, 0.1) is 12.5 Å². The molecule has 2 aromatic heterocycles. The summed E-state index contributed by atoms with van der Waals surface area (Å²) in [6.07, 6.45) is 4.53. The van der Waals surface area contributed by atoms with Gasteiger partial charge in [0.25, 0.3) is 0 Å². The van der Waals surface area contributed by atoms with Gasteiger partial charge in [0.15, 0.2) is 0 Å². The van der Waals surface area contributed by atoms with Crippen LogP contribution in [-0.2, 0) is 11.3 Å². The smallest absolute Gasteiger partial charge is 0.223 e. The van der Waals surface area contributed by atoms with E-state index in [1.54, 1.807) is 24.5 Å². The molecule has 0 bridgehead atoms. The number of aliphatic hydroxyl groups excluding tert-OH is 1. The molecule has 0 spiro atoms. The van der Waals surface area contributed by atoms with E-state index in [0.717, 1.165) is 22.8 Å². The largest absolute Gasteiger partial charge is 0.388 e. The van der Waals surface area contributed by atoms with Crippen molar-refractivity contribution in [2.75, 3.05) is 0 Å². The molecule has 3 aromatic rings. The summed E-state index contributed by atoms with van der Waals surface area (Å²) in [4.78, 5) is 20.6. The lowest BCUT2D eigenvalue weighted by molar-refractivity contribution is -0.123. The molecule has 1 aromatic carbocycles. The molecule has 1 amide bonds. The van der Waals surface area contributed by atoms with Crippen LogP contribution in [0.2, 0.25) is 0 Å². The van der Waals surface area contributed by atoms with E-state index in [1.807, 2.05) is 48.0 Å². The number of carbonyl (C=O) groups is 1. The van der Waals surface area contributed by atoms with Crippen molar-refractivity contribution in [2.45, 2.75) is 26.0 Å². The predicted octanol–water partition coefficient (Wildman–Crippen LogP) is 2.32. The van der Waals surface area contributed by atoms with Gasteiger partial charge in [-0.3, -0.25) is 9.36 Å². The molecule has 128 valence electrons. The average Bonchev–Trinajstić information content (AvgIpc) is 3.07. The highest BCUT2D eigenvalue weighted by molar-refractivity contribution is 5.76. The average molecular weight is 336 g/mol. The SMILES string of the molecule is Cc1nccn1-c1ccc(CNC(=O)CC(O)c2ccccc2)cn1. The molecular formula is C19H20N4O2. The third-order valence-electron chi connectivity index (χ3n) is 3.93. The Bertz CT molecular complexity index is 828. The van der Waals surface area contributed by atoms with Crippen molar-refractivity contribution in [3.8, 4) is 5.82 Å². The third kappa shape index (κ3) is 4.30. The number of imidazole rings is 1. The molecule has 0 fully saturated rings. The molecular weight excluding hydrogens is 316 g/mol. The number of rotatable bonds is 6. The number of hydrogen-bond donors (Lipinski definition) is 2. The minimum Gasteiger partial charge on any atom is -0.388 e. The summed E-state index contributed by atoms with van der Waals surface area (Å²) >= 11 is 0. The first-order chi connectivity index (χ1) is 12.1. The highest BCUT2D eigenvalue weighted by Crippen LogP contribution is 2.15. The molecule has 0 saturated heterocycles. The van der Waals surface area contributed by atoms with Gasteiger partial charge < -0.3 is 10.4 Å². The molecule has 0 aliphatic rings. The van der Waals surface area contributed by atoms with Gasteiger partial charge in [0, 0.05) is 25.1 Å². The topological polar surface area (TPSA) is 80.0 Å². The lowest BCUT2D eigenvalue weighted by Crippen LogP contribution is -2.24. The van der Waals surface area contributed by atoms with E-state index in [2.05, 4.69) is 15.3 Å². The zero-order valence-corrected chi connectivity index (χ0v) is 14.0. The second kappa shape index (κ2) is 7.72. The Morgan fingerprint density at radius 2 is 2.00 bits per heavy atom. The van der Waals surface area contributed by atoms with Crippen LogP contribution in [0.5, 0.6) is 0 Å². The number of hydrogen-bond acceptors (Lipinski definition) is 4. The Hall–Kier alpha value is -2.99. The fourth-order valence-corrected chi connectivity index (χ4v) is 2.53. The van der Waals surface area contributed by atoms with E-state index >= 15 is 0 Å². The minimum absolute atomic E-state index is 0.0315. The molecule has 2 heterocycles. The van der Waals surface area contributed by atoms with Gasteiger partial charge in [0.1, 0.15) is 11.6 Å². The second-order valence-corrected chi connectivity index (χ2v) is 5.78. The molecule has 1 atom stereocenters. The number of nitrogens with zero attached hydrogens (tertiary/aromatic N) is 3. The van der Waals surface area contributed by atoms with Crippen LogP contribution in [-0.4, -0.2) is 25.5 Å². The van der Waals surface area contributed by atoms with Gasteiger partial charge in [-0.25, -0.2) is 9.97 Å². The first-order valence-corrected chi connectivity index (χ1v) is 8.08. The number of carbonyl (C=O) groups excluding carboxylic acids is 1. The van der Waals surface area contributed by atoms with Crippen molar-refractivity contribution in [3.63, 3.8) is 0 Å². The molecule has 1 unspecified atom stereocenters. The van der Waals surface area contributed by atoms with E-state index < -0.39 is 6.10 Å². The number of pyridine rings is 1. The summed E-state index contributed by atoms with van der Waals surface area (Å²) < 4.78 is 1.89. The van der Waals surface area contributed by atoms with Crippen LogP contribution < -0.4 is 5.32 Å². The van der Waals surface area contributed by atoms with E-state index in [-0.39, 0.29) is 12.3 Å². The Balaban J connectivity index is 1.53. The van der Waals surface area contributed by atoms with Gasteiger partial charge in [-0.15, -0.1) is 0 Å². The maximum absolute atomic E-state index is 12.0. The van der Waals surface area contributed by atoms with Crippen LogP contribution in [0, 0.1) is 6.92 Å². The van der Waals surface area contributed by atoms with E-state index in [0.29, 0.717) is 6.54 Å². The van der Waals surface area contributed by atoms with Gasteiger partial charge in [-0.2, -0.15) is 0 Å². The zero-order chi connectivity index (χ0) is 17.6. The number of amides is 1. The molecule has 25 heavy (non-hydrogen) atoms. The quantitative estimate of drug-likeness (QED) is 0.724. The Morgan fingerprint density at radius 3 is 2.64 bits per heavy atom. The summed E-state index contributed by atoms with van der Waals surface area (Å²) in [5.74, 6) is 1.44. The van der Waals surface area contributed by atoms with Gasteiger partial charge in [-0.1, -0.05) is 36.4 Å². The van der Waals surface area contributed by atoms with Gasteiger partial charge in [-0.05, 0) is 24.1 Å². The summed E-state index contributed by atoms with van der Waals surface area (Å²) in [6.45, 7) is 2.28. The highest BCUT2D eigenvalue weighted by Gasteiger charge is 2.12. The lowest BCUT2D eigenvalue weighted by Gasteiger charge is -2.11. The zero-order valence-electron chi connectivity index (χ0n) is 14.0. The fraction of sp³-hybridized carbons (Fsp3) is 0.211. The molecule has 0 aliphatic carbocycles. The van der Waals surface area contributed by atoms with Crippen LogP contribution in [0.4, 0.5) is 0 Å². The van der Waals surface area contributed by atoms with Crippen molar-refractivity contribution in [1.29, 1.82) is 0 Å². The van der Waals surface area contributed by atoms with Crippen molar-refractivity contribution in [1.82, 2.24) is 19.9 Å². The van der Waals surface area contributed by atoms with E-state index in [4.69, 9.17) is 0 Å². The Morgan fingerprint density at radius 1 is 1.20 bits per heavy atom. The number of aromatic nitrogens is 3. The number of aliphatic hydroxyl groups is 1. The van der Waals surface area contributed by atoms with Crippen LogP contribution in [0.3, 0.4) is 0 Å². The summed E-state index contributed by atoms with van der Waals surface area (Å²) in [7, 11) is 0. The van der Waals surface area contributed by atoms with Crippen LogP contribution in [0.25, 0.3) is 5.82 Å². The summed E-state index contributed by atoms with van der Waals surface area (Å²) in [5.41, 5.74) is 1.63. The molecule has 0 radical (unpaired) electrons. The number of nitrogens with one attached hydrogen (secondary N) is 1. The molecule has 0 aliphatic heterocycles. The monoisotopic (exact) mass is 336 g/mol. The number of aryl methyl sites for hydroxylation is 1. The molecule has 3 rings (SSSR count). The maximum atomic E-state index is 12.0. The van der Waals surface area contributed by atoms with Gasteiger partial charge >= 0.3 is 0 Å². The Kier molecular flexibility index (Phi) is 5.20. The normalized spacial score (nSPS) is 11.9. The molecule has 6 nitrogen and oxygen atoms in total. The van der Waals surface area contributed by atoms with Crippen molar-refractivity contribution in [3.05, 3.63) is 78.0 Å². The lowest BCUT2D eigenvalue weighted by atomic mass is 10.1. The van der Waals surface area contributed by atoms with Crippen LogP contribution >= 0.6 is 0 Å². The van der Waals surface area contributed by atoms with Gasteiger partial charge in [0.2, 0.25) is 5.91 Å². The Labute approximate surface area is 146 Å². The van der Waals surface area contributed by atoms with Crippen LogP contribution in [0.15, 0.2) is 61.1 Å². The summed E-state index contributed by atoms with van der Waals surface area (Å²) in [6, 6.07) is 13.0. The predicted molar refractivity (Wildman–Crippen MR) is 94.0 cm³/mol. The maximum Gasteiger partial charge on any atom is 0.223 e. The van der Waals surface area contributed by atoms with Crippen molar-refractivity contribution >= 4 is 5.91 Å². The van der Waals surface area contributed by atoms with E-state index in [1.165, 1.54) is 0 Å². The molecule has 0 saturated carbocycles. The molecule has 6 heteroatoms. The minimum atomic E-state index is -0.800. The standard InChI is InChI=1S/C19H20N4O2/c1-14-20-9-10-23(14)18-8-7-15(12-21-18)13-22-19(25)11-17(24)16-5-3-2-4-6-16/h2-10,12,17,24H,11,13H2,1H3,(H,22,25).